The van der Waals surface area contributed by atoms with Gasteiger partial charge in [-0.15, -0.1) is 0 Å². The van der Waals surface area contributed by atoms with E-state index in [9.17, 15) is 0 Å². The molecule has 0 atom stereocenters. The zero-order valence-corrected chi connectivity index (χ0v) is 15.8. The van der Waals surface area contributed by atoms with Gasteiger partial charge in [-0.2, -0.15) is 0 Å². The Morgan fingerprint density at radius 1 is 0.842 bits per heavy atom. The molecular formula is C14H13Br2IO2. The number of hydrogen-bond donors (Lipinski definition) is 0. The van der Waals surface area contributed by atoms with Crippen LogP contribution in [0.4, 0.5) is 0 Å². The minimum atomic E-state index is 0.887. The summed E-state index contributed by atoms with van der Waals surface area (Å²) in [6.45, 7) is 0. The molecule has 0 aliphatic carbocycles. The van der Waals surface area contributed by atoms with E-state index in [2.05, 4.69) is 54.5 Å². The summed E-state index contributed by atoms with van der Waals surface area (Å²) < 4.78 is 13.3. The van der Waals surface area contributed by atoms with E-state index in [1.807, 2.05) is 42.5 Å². The molecule has 5 heteroatoms. The summed E-state index contributed by atoms with van der Waals surface area (Å²) in [6.07, 6.45) is 0. The van der Waals surface area contributed by atoms with Gasteiger partial charge < -0.3 is 9.47 Å². The number of hydrogen-bond acceptors (Lipinski definition) is 2. The van der Waals surface area contributed by atoms with Crippen molar-refractivity contribution in [3.63, 3.8) is 0 Å². The normalized spacial score (nSPS) is 9.32. The fourth-order valence-electron chi connectivity index (χ4n) is 1.21. The van der Waals surface area contributed by atoms with Gasteiger partial charge in [-0.05, 0) is 65.1 Å². The lowest BCUT2D eigenvalue weighted by Crippen LogP contribution is -1.85. The number of benzene rings is 2. The maximum absolute atomic E-state index is 5.07. The number of methoxy groups -OCH3 is 2. The first-order valence-electron chi connectivity index (χ1n) is 5.35. The van der Waals surface area contributed by atoms with Gasteiger partial charge in [0.05, 0.1) is 17.8 Å². The fraction of sp³-hybridized carbons (Fsp3) is 0.143. The Bertz CT molecular complexity index is 515. The number of halogens is 3. The van der Waals surface area contributed by atoms with Crippen molar-refractivity contribution in [1.29, 1.82) is 0 Å². The van der Waals surface area contributed by atoms with Gasteiger partial charge in [-0.3, -0.25) is 0 Å². The summed E-state index contributed by atoms with van der Waals surface area (Å²) in [4.78, 5) is 0. The van der Waals surface area contributed by atoms with Crippen LogP contribution in [-0.2, 0) is 0 Å². The van der Waals surface area contributed by atoms with Gasteiger partial charge in [0.1, 0.15) is 11.5 Å². The van der Waals surface area contributed by atoms with Crippen molar-refractivity contribution >= 4 is 54.5 Å². The molecule has 0 aliphatic rings. The molecule has 19 heavy (non-hydrogen) atoms. The predicted octanol–water partition coefficient (Wildman–Crippen LogP) is 5.52. The molecule has 0 spiro atoms. The van der Waals surface area contributed by atoms with Crippen molar-refractivity contribution in [3.8, 4) is 11.5 Å². The van der Waals surface area contributed by atoms with Crippen LogP contribution in [0.2, 0.25) is 0 Å². The summed E-state index contributed by atoms with van der Waals surface area (Å²) in [7, 11) is 3.33. The van der Waals surface area contributed by atoms with Crippen LogP contribution >= 0.6 is 54.5 Å². The summed E-state index contributed by atoms with van der Waals surface area (Å²) in [6, 6.07) is 13.6. The van der Waals surface area contributed by atoms with Gasteiger partial charge in [0, 0.05) is 8.95 Å². The average Bonchev–Trinajstić information content (AvgIpc) is 2.40. The smallest absolute Gasteiger partial charge is 0.132 e. The lowest BCUT2D eigenvalue weighted by Gasteiger charge is -2.01. The highest BCUT2D eigenvalue weighted by Gasteiger charge is 1.97. The summed E-state index contributed by atoms with van der Waals surface area (Å²) in [5.41, 5.74) is 0. The van der Waals surface area contributed by atoms with E-state index in [1.165, 1.54) is 0 Å². The Morgan fingerprint density at radius 2 is 1.42 bits per heavy atom. The second-order valence-corrected chi connectivity index (χ2v) is 6.43. The molecule has 0 saturated heterocycles. The first kappa shape index (κ1) is 16.8. The monoisotopic (exact) mass is 498 g/mol. The molecule has 0 saturated carbocycles. The first-order chi connectivity index (χ1) is 9.06. The molecule has 2 aromatic rings. The third-order valence-corrected chi connectivity index (χ3v) is 4.03. The molecule has 0 aromatic heterocycles. The summed E-state index contributed by atoms with van der Waals surface area (Å²) in [5.74, 6) is 1.81. The van der Waals surface area contributed by atoms with Gasteiger partial charge in [0.25, 0.3) is 0 Å². The van der Waals surface area contributed by atoms with Crippen molar-refractivity contribution in [1.82, 2.24) is 0 Å². The van der Waals surface area contributed by atoms with E-state index in [0.717, 1.165) is 24.0 Å². The van der Waals surface area contributed by atoms with Gasteiger partial charge >= 0.3 is 0 Å². The molecule has 2 nitrogen and oxygen atoms in total. The van der Waals surface area contributed by atoms with Gasteiger partial charge in [0.15, 0.2) is 0 Å². The quantitative estimate of drug-likeness (QED) is 0.507. The molecule has 102 valence electrons. The largest absolute Gasteiger partial charge is 0.497 e. The van der Waals surface area contributed by atoms with E-state index in [1.54, 1.807) is 14.2 Å². The molecule has 0 bridgehead atoms. The van der Waals surface area contributed by atoms with E-state index in [0.29, 0.717) is 0 Å². The maximum atomic E-state index is 5.07. The maximum Gasteiger partial charge on any atom is 0.132 e. The molecule has 0 aliphatic heterocycles. The van der Waals surface area contributed by atoms with Crippen LogP contribution in [0.15, 0.2) is 51.4 Å². The molecule has 2 aromatic carbocycles. The van der Waals surface area contributed by atoms with Crippen molar-refractivity contribution < 1.29 is 9.47 Å². The highest BCUT2D eigenvalue weighted by molar-refractivity contribution is 14.1. The summed E-state index contributed by atoms with van der Waals surface area (Å²) >= 11 is 8.92. The first-order valence-corrected chi connectivity index (χ1v) is 8.02. The van der Waals surface area contributed by atoms with E-state index in [-0.39, 0.29) is 0 Å². The lowest BCUT2D eigenvalue weighted by molar-refractivity contribution is 0.411. The molecule has 0 fully saturated rings. The molecular weight excluding hydrogens is 487 g/mol. The van der Waals surface area contributed by atoms with Gasteiger partial charge in [0.2, 0.25) is 0 Å². The van der Waals surface area contributed by atoms with Crippen molar-refractivity contribution in [3.05, 3.63) is 55.0 Å². The molecule has 0 heterocycles. The SMILES string of the molecule is COc1ccc(Br)cc1.COc1ccc(Br)cc1I. The second-order valence-electron chi connectivity index (χ2n) is 3.44. The lowest BCUT2D eigenvalue weighted by atomic mass is 10.3. The molecule has 0 radical (unpaired) electrons. The second kappa shape index (κ2) is 8.81. The number of rotatable bonds is 2. The molecule has 0 amide bonds. The topological polar surface area (TPSA) is 18.5 Å². The molecule has 0 N–H and O–H groups in total. The van der Waals surface area contributed by atoms with Gasteiger partial charge in [-0.1, -0.05) is 31.9 Å². The Morgan fingerprint density at radius 3 is 1.89 bits per heavy atom. The van der Waals surface area contributed by atoms with Crippen molar-refractivity contribution in [2.24, 2.45) is 0 Å². The van der Waals surface area contributed by atoms with Crippen LogP contribution in [0.1, 0.15) is 0 Å². The zero-order valence-electron chi connectivity index (χ0n) is 10.5. The van der Waals surface area contributed by atoms with Crippen LogP contribution in [0, 0.1) is 3.57 Å². The summed E-state index contributed by atoms with van der Waals surface area (Å²) in [5, 5.41) is 0. The Labute approximate surface area is 143 Å². The van der Waals surface area contributed by atoms with Crippen molar-refractivity contribution in [2.75, 3.05) is 14.2 Å². The Hall–Kier alpha value is -0.270. The average molecular weight is 500 g/mol. The van der Waals surface area contributed by atoms with Crippen LogP contribution in [0.5, 0.6) is 11.5 Å². The zero-order chi connectivity index (χ0) is 14.3. The van der Waals surface area contributed by atoms with Crippen LogP contribution in [0.25, 0.3) is 0 Å². The van der Waals surface area contributed by atoms with Crippen molar-refractivity contribution in [2.45, 2.75) is 0 Å². The minimum Gasteiger partial charge on any atom is -0.497 e. The van der Waals surface area contributed by atoms with Crippen LogP contribution in [0.3, 0.4) is 0 Å². The standard InChI is InChI=1S/C7H6BrIO.C7H7BrO/c1-10-7-3-2-5(8)4-6(7)9;1-9-7-4-2-6(8)3-5-7/h2-4H,1H3;2-5H,1H3. The van der Waals surface area contributed by atoms with Crippen LogP contribution < -0.4 is 9.47 Å². The highest BCUT2D eigenvalue weighted by Crippen LogP contribution is 2.23. The third-order valence-electron chi connectivity index (χ3n) is 2.16. The van der Waals surface area contributed by atoms with E-state index >= 15 is 0 Å². The Balaban J connectivity index is 0.000000191. The predicted molar refractivity (Wildman–Crippen MR) is 94.1 cm³/mol. The highest BCUT2D eigenvalue weighted by atomic mass is 127. The van der Waals surface area contributed by atoms with Crippen LogP contribution in [-0.4, -0.2) is 14.2 Å². The molecule has 0 unspecified atom stereocenters. The third kappa shape index (κ3) is 6.14. The Kier molecular flexibility index (Phi) is 7.78. The van der Waals surface area contributed by atoms with E-state index in [4.69, 9.17) is 9.47 Å². The fourth-order valence-corrected chi connectivity index (χ4v) is 3.00. The van der Waals surface area contributed by atoms with E-state index < -0.39 is 0 Å². The minimum absolute atomic E-state index is 0.887. The number of ether oxygens (including phenoxy) is 2. The molecule has 2 rings (SSSR count). The van der Waals surface area contributed by atoms with Gasteiger partial charge in [-0.25, -0.2) is 0 Å².